The highest BCUT2D eigenvalue weighted by Gasteiger charge is 2.03. The standard InChI is InChI=1S/C12H16N4O2/c1-18-7-6-16-12(17)3-5-15-11-9-14-4-2-10(11)8-13/h2,4,9,15H,3,5-7H2,1H3,(H,16,17). The third-order valence-corrected chi connectivity index (χ3v) is 2.24. The minimum absolute atomic E-state index is 0.0538. The molecule has 18 heavy (non-hydrogen) atoms. The van der Waals surface area contributed by atoms with Crippen LogP contribution in [0, 0.1) is 11.3 Å². The lowest BCUT2D eigenvalue weighted by Crippen LogP contribution is -2.28. The molecule has 6 nitrogen and oxygen atoms in total. The number of anilines is 1. The van der Waals surface area contributed by atoms with Crippen LogP contribution in [0.5, 0.6) is 0 Å². The highest BCUT2D eigenvalue weighted by Crippen LogP contribution is 2.11. The maximum atomic E-state index is 11.4. The molecule has 1 rings (SSSR count). The Morgan fingerprint density at radius 1 is 1.56 bits per heavy atom. The highest BCUT2D eigenvalue weighted by molar-refractivity contribution is 5.76. The number of nitrogens with one attached hydrogen (secondary N) is 2. The van der Waals surface area contributed by atoms with Gasteiger partial charge < -0.3 is 15.4 Å². The smallest absolute Gasteiger partial charge is 0.221 e. The average Bonchev–Trinajstić information content (AvgIpc) is 2.39. The van der Waals surface area contributed by atoms with Crippen LogP contribution in [0.2, 0.25) is 0 Å². The second-order valence-electron chi connectivity index (χ2n) is 3.55. The van der Waals surface area contributed by atoms with E-state index in [9.17, 15) is 4.79 Å². The molecule has 0 bridgehead atoms. The zero-order valence-electron chi connectivity index (χ0n) is 10.3. The Labute approximate surface area is 106 Å². The molecule has 1 heterocycles. The number of hydrogen-bond acceptors (Lipinski definition) is 5. The van der Waals surface area contributed by atoms with Gasteiger partial charge in [0, 0.05) is 32.8 Å². The topological polar surface area (TPSA) is 87.0 Å². The minimum Gasteiger partial charge on any atom is -0.383 e. The summed E-state index contributed by atoms with van der Waals surface area (Å²) in [6.07, 6.45) is 3.46. The van der Waals surface area contributed by atoms with Crippen LogP contribution in [-0.4, -0.2) is 37.7 Å². The number of pyridine rings is 1. The number of methoxy groups -OCH3 is 1. The van der Waals surface area contributed by atoms with Gasteiger partial charge in [-0.15, -0.1) is 0 Å². The Morgan fingerprint density at radius 2 is 2.39 bits per heavy atom. The van der Waals surface area contributed by atoms with Crippen molar-refractivity contribution in [3.63, 3.8) is 0 Å². The number of ether oxygens (including phenoxy) is 1. The van der Waals surface area contributed by atoms with E-state index in [1.807, 2.05) is 0 Å². The number of hydrogen-bond donors (Lipinski definition) is 2. The summed E-state index contributed by atoms with van der Waals surface area (Å²) in [6.45, 7) is 1.46. The molecular weight excluding hydrogens is 232 g/mol. The van der Waals surface area contributed by atoms with Gasteiger partial charge in [0.2, 0.25) is 5.91 Å². The summed E-state index contributed by atoms with van der Waals surface area (Å²) >= 11 is 0. The van der Waals surface area contributed by atoms with Crippen molar-refractivity contribution < 1.29 is 9.53 Å². The molecule has 0 radical (unpaired) electrons. The van der Waals surface area contributed by atoms with Crippen molar-refractivity contribution in [1.82, 2.24) is 10.3 Å². The number of carbonyl (C=O) groups excluding carboxylic acids is 1. The summed E-state index contributed by atoms with van der Waals surface area (Å²) in [7, 11) is 1.58. The van der Waals surface area contributed by atoms with E-state index in [1.165, 1.54) is 0 Å². The maximum Gasteiger partial charge on any atom is 0.221 e. The third-order valence-electron chi connectivity index (χ3n) is 2.24. The molecule has 0 aromatic carbocycles. The molecule has 0 fully saturated rings. The highest BCUT2D eigenvalue weighted by atomic mass is 16.5. The quantitative estimate of drug-likeness (QED) is 0.687. The molecule has 0 aliphatic carbocycles. The lowest BCUT2D eigenvalue weighted by Gasteiger charge is -2.07. The fraction of sp³-hybridized carbons (Fsp3) is 0.417. The first kappa shape index (κ1) is 13.9. The van der Waals surface area contributed by atoms with Crippen LogP contribution in [0.1, 0.15) is 12.0 Å². The zero-order chi connectivity index (χ0) is 13.2. The fourth-order valence-electron chi connectivity index (χ4n) is 1.32. The number of amides is 1. The molecule has 96 valence electrons. The van der Waals surface area contributed by atoms with E-state index in [4.69, 9.17) is 10.00 Å². The molecule has 0 atom stereocenters. The Balaban J connectivity index is 2.29. The largest absolute Gasteiger partial charge is 0.383 e. The Morgan fingerprint density at radius 3 is 3.11 bits per heavy atom. The van der Waals surface area contributed by atoms with Crippen LogP contribution in [-0.2, 0) is 9.53 Å². The normalized spacial score (nSPS) is 9.56. The number of nitriles is 1. The van der Waals surface area contributed by atoms with Crippen molar-refractivity contribution in [2.24, 2.45) is 0 Å². The molecule has 1 aromatic rings. The second kappa shape index (κ2) is 8.03. The summed E-state index contributed by atoms with van der Waals surface area (Å²) in [6, 6.07) is 3.68. The van der Waals surface area contributed by atoms with Crippen LogP contribution in [0.4, 0.5) is 5.69 Å². The van der Waals surface area contributed by atoms with Gasteiger partial charge in [0.25, 0.3) is 0 Å². The van der Waals surface area contributed by atoms with E-state index in [-0.39, 0.29) is 5.91 Å². The van der Waals surface area contributed by atoms with Crippen LogP contribution < -0.4 is 10.6 Å². The maximum absolute atomic E-state index is 11.4. The summed E-state index contributed by atoms with van der Waals surface area (Å²) in [5, 5.41) is 14.6. The van der Waals surface area contributed by atoms with Gasteiger partial charge in [-0.2, -0.15) is 5.26 Å². The molecule has 0 aliphatic heterocycles. The monoisotopic (exact) mass is 248 g/mol. The van der Waals surface area contributed by atoms with E-state index < -0.39 is 0 Å². The van der Waals surface area contributed by atoms with Gasteiger partial charge in [0.05, 0.1) is 24.1 Å². The van der Waals surface area contributed by atoms with Crippen molar-refractivity contribution >= 4 is 11.6 Å². The van der Waals surface area contributed by atoms with E-state index in [0.29, 0.717) is 37.4 Å². The van der Waals surface area contributed by atoms with E-state index in [0.717, 1.165) is 0 Å². The molecule has 6 heteroatoms. The van der Waals surface area contributed by atoms with Crippen LogP contribution in [0.25, 0.3) is 0 Å². The summed E-state index contributed by atoms with van der Waals surface area (Å²) in [5.74, 6) is -0.0538. The van der Waals surface area contributed by atoms with Crippen LogP contribution in [0.15, 0.2) is 18.5 Å². The molecule has 0 saturated heterocycles. The number of rotatable bonds is 7. The predicted octanol–water partition coefficient (Wildman–Crippen LogP) is 0.518. The Kier molecular flexibility index (Phi) is 6.22. The van der Waals surface area contributed by atoms with Crippen molar-refractivity contribution in [3.05, 3.63) is 24.0 Å². The van der Waals surface area contributed by atoms with Crippen molar-refractivity contribution in [2.75, 3.05) is 32.1 Å². The Hall–Kier alpha value is -2.13. The van der Waals surface area contributed by atoms with Gasteiger partial charge in [-0.3, -0.25) is 9.78 Å². The lowest BCUT2D eigenvalue weighted by molar-refractivity contribution is -0.121. The number of carbonyl (C=O) groups is 1. The Bertz CT molecular complexity index is 428. The molecule has 0 spiro atoms. The van der Waals surface area contributed by atoms with Gasteiger partial charge in [-0.1, -0.05) is 0 Å². The lowest BCUT2D eigenvalue weighted by atomic mass is 10.2. The fourth-order valence-corrected chi connectivity index (χ4v) is 1.32. The van der Waals surface area contributed by atoms with Gasteiger partial charge >= 0.3 is 0 Å². The van der Waals surface area contributed by atoms with E-state index in [2.05, 4.69) is 21.7 Å². The molecule has 0 aliphatic rings. The van der Waals surface area contributed by atoms with E-state index >= 15 is 0 Å². The molecular formula is C12H16N4O2. The third kappa shape index (κ3) is 4.80. The zero-order valence-corrected chi connectivity index (χ0v) is 10.3. The van der Waals surface area contributed by atoms with E-state index in [1.54, 1.807) is 25.6 Å². The average molecular weight is 248 g/mol. The van der Waals surface area contributed by atoms with Gasteiger partial charge in [0.15, 0.2) is 0 Å². The molecule has 1 amide bonds. The predicted molar refractivity (Wildman–Crippen MR) is 66.9 cm³/mol. The van der Waals surface area contributed by atoms with Gasteiger partial charge in [-0.05, 0) is 6.07 Å². The summed E-state index contributed by atoms with van der Waals surface area (Å²) < 4.78 is 4.82. The molecule has 2 N–H and O–H groups in total. The number of nitrogens with zero attached hydrogens (tertiary/aromatic N) is 2. The van der Waals surface area contributed by atoms with Crippen LogP contribution in [0.3, 0.4) is 0 Å². The molecule has 1 aromatic heterocycles. The summed E-state index contributed by atoms with van der Waals surface area (Å²) in [4.78, 5) is 15.3. The number of aromatic nitrogens is 1. The first-order valence-corrected chi connectivity index (χ1v) is 5.61. The van der Waals surface area contributed by atoms with Crippen molar-refractivity contribution in [1.29, 1.82) is 5.26 Å². The van der Waals surface area contributed by atoms with Gasteiger partial charge in [0.1, 0.15) is 6.07 Å². The first-order valence-electron chi connectivity index (χ1n) is 5.61. The summed E-state index contributed by atoms with van der Waals surface area (Å²) in [5.41, 5.74) is 1.16. The molecule has 0 saturated carbocycles. The SMILES string of the molecule is COCCNC(=O)CCNc1cnccc1C#N. The first-order chi connectivity index (χ1) is 8.77. The second-order valence-corrected chi connectivity index (χ2v) is 3.55. The van der Waals surface area contributed by atoms with Gasteiger partial charge in [-0.25, -0.2) is 0 Å². The molecule has 0 unspecified atom stereocenters. The van der Waals surface area contributed by atoms with Crippen molar-refractivity contribution in [3.8, 4) is 6.07 Å². The van der Waals surface area contributed by atoms with Crippen LogP contribution >= 0.6 is 0 Å². The minimum atomic E-state index is -0.0538. The van der Waals surface area contributed by atoms with Crippen molar-refractivity contribution in [2.45, 2.75) is 6.42 Å².